The minimum atomic E-state index is -3.73. The molecule has 132 valence electrons. The lowest BCUT2D eigenvalue weighted by molar-refractivity contribution is -0.114. The number of nitrogens with zero attached hydrogens (tertiary/aromatic N) is 2. The minimum Gasteiger partial charge on any atom is -0.383 e. The van der Waals surface area contributed by atoms with Gasteiger partial charge in [0.25, 0.3) is 0 Å². The Kier molecular flexibility index (Phi) is 4.69. The summed E-state index contributed by atoms with van der Waals surface area (Å²) in [7, 11) is -3.73. The predicted molar refractivity (Wildman–Crippen MR) is 94.1 cm³/mol. The first-order valence-corrected chi connectivity index (χ1v) is 9.32. The molecule has 1 aliphatic rings. The fourth-order valence-electron chi connectivity index (χ4n) is 2.31. The third kappa shape index (κ3) is 4.31. The quantitative estimate of drug-likeness (QED) is 0.713. The zero-order valence-corrected chi connectivity index (χ0v) is 14.5. The van der Waals surface area contributed by atoms with Crippen LogP contribution in [0.25, 0.3) is 11.1 Å². The molecule has 1 saturated carbocycles. The average Bonchev–Trinajstić information content (AvgIpc) is 3.37. The molecule has 1 fully saturated rings. The van der Waals surface area contributed by atoms with Crippen LogP contribution in [0.15, 0.2) is 35.5 Å². The van der Waals surface area contributed by atoms with Gasteiger partial charge in [-0.2, -0.15) is 0 Å². The first-order chi connectivity index (χ1) is 11.8. The van der Waals surface area contributed by atoms with Crippen LogP contribution in [0.2, 0.25) is 0 Å². The number of anilines is 2. The van der Waals surface area contributed by atoms with Crippen LogP contribution in [-0.4, -0.2) is 30.8 Å². The van der Waals surface area contributed by atoms with Crippen LogP contribution in [0.5, 0.6) is 0 Å². The van der Waals surface area contributed by atoms with Crippen LogP contribution in [0.3, 0.4) is 0 Å². The number of nitrogen functional groups attached to an aromatic ring is 1. The normalized spacial score (nSPS) is 14.3. The van der Waals surface area contributed by atoms with Crippen LogP contribution in [0, 0.1) is 5.92 Å². The Bertz CT molecular complexity index is 910. The van der Waals surface area contributed by atoms with Gasteiger partial charge < -0.3 is 11.1 Å². The maximum absolute atomic E-state index is 12.5. The standard InChI is InChI=1S/C16H19N5O3S/c1-10(22)21-15-7-12(4-5-18-15)13-6-14(16(17)19-9-13)25(23,24)20-8-11-2-3-11/h4-7,9,11,20H,2-3,8H2,1H3,(H2,17,19)(H,18,21,22). The van der Waals surface area contributed by atoms with E-state index in [4.69, 9.17) is 5.73 Å². The number of pyridine rings is 2. The molecule has 3 rings (SSSR count). The van der Waals surface area contributed by atoms with Gasteiger partial charge in [0, 0.05) is 31.4 Å². The lowest BCUT2D eigenvalue weighted by Gasteiger charge is -2.11. The number of hydrogen-bond acceptors (Lipinski definition) is 6. The molecule has 0 radical (unpaired) electrons. The van der Waals surface area contributed by atoms with E-state index in [9.17, 15) is 13.2 Å². The highest BCUT2D eigenvalue weighted by Crippen LogP contribution is 2.29. The lowest BCUT2D eigenvalue weighted by atomic mass is 10.1. The van der Waals surface area contributed by atoms with Crippen molar-refractivity contribution in [2.24, 2.45) is 5.92 Å². The minimum absolute atomic E-state index is 0.0523. The SMILES string of the molecule is CC(=O)Nc1cc(-c2cnc(N)c(S(=O)(=O)NCC3CC3)c2)ccn1. The van der Waals surface area contributed by atoms with Crippen molar-refractivity contribution in [1.29, 1.82) is 0 Å². The van der Waals surface area contributed by atoms with Crippen LogP contribution in [0.4, 0.5) is 11.6 Å². The smallest absolute Gasteiger partial charge is 0.244 e. The number of amides is 1. The summed E-state index contributed by atoms with van der Waals surface area (Å²) in [5.74, 6) is 0.487. The van der Waals surface area contributed by atoms with Crippen LogP contribution in [0.1, 0.15) is 19.8 Å². The van der Waals surface area contributed by atoms with Crippen molar-refractivity contribution in [3.8, 4) is 11.1 Å². The molecule has 0 saturated heterocycles. The van der Waals surface area contributed by atoms with Gasteiger partial charge in [-0.05, 0) is 42.5 Å². The molecule has 0 bridgehead atoms. The van der Waals surface area contributed by atoms with Crippen molar-refractivity contribution >= 4 is 27.6 Å². The van der Waals surface area contributed by atoms with E-state index in [-0.39, 0.29) is 16.6 Å². The topological polar surface area (TPSA) is 127 Å². The Morgan fingerprint density at radius 2 is 2.04 bits per heavy atom. The van der Waals surface area contributed by atoms with E-state index in [1.54, 1.807) is 12.1 Å². The average molecular weight is 361 g/mol. The molecular formula is C16H19N5O3S. The Balaban J connectivity index is 1.92. The number of rotatable bonds is 6. The van der Waals surface area contributed by atoms with E-state index in [2.05, 4.69) is 20.0 Å². The van der Waals surface area contributed by atoms with Gasteiger partial charge in [0.15, 0.2) is 0 Å². The zero-order chi connectivity index (χ0) is 18.0. The van der Waals surface area contributed by atoms with E-state index in [0.29, 0.717) is 29.4 Å². The molecule has 0 aromatic carbocycles. The number of carbonyl (C=O) groups is 1. The van der Waals surface area contributed by atoms with Crippen molar-refractivity contribution in [3.05, 3.63) is 30.6 Å². The van der Waals surface area contributed by atoms with Gasteiger partial charge in [-0.1, -0.05) is 0 Å². The third-order valence-electron chi connectivity index (χ3n) is 3.83. The zero-order valence-electron chi connectivity index (χ0n) is 13.7. The van der Waals surface area contributed by atoms with Crippen molar-refractivity contribution < 1.29 is 13.2 Å². The monoisotopic (exact) mass is 361 g/mol. The summed E-state index contributed by atoms with van der Waals surface area (Å²) in [5.41, 5.74) is 7.01. The van der Waals surface area contributed by atoms with E-state index in [0.717, 1.165) is 12.8 Å². The lowest BCUT2D eigenvalue weighted by Crippen LogP contribution is -2.27. The molecule has 8 nitrogen and oxygen atoms in total. The number of carbonyl (C=O) groups excluding carboxylic acids is 1. The maximum atomic E-state index is 12.5. The molecule has 1 aliphatic carbocycles. The van der Waals surface area contributed by atoms with Gasteiger partial charge in [-0.15, -0.1) is 0 Å². The molecule has 0 atom stereocenters. The molecule has 25 heavy (non-hydrogen) atoms. The summed E-state index contributed by atoms with van der Waals surface area (Å²) < 4.78 is 27.5. The molecule has 4 N–H and O–H groups in total. The first kappa shape index (κ1) is 17.3. The molecule has 0 unspecified atom stereocenters. The second-order valence-corrected chi connectivity index (χ2v) is 7.75. The number of hydrogen-bond donors (Lipinski definition) is 3. The highest BCUT2D eigenvalue weighted by atomic mass is 32.2. The van der Waals surface area contributed by atoms with E-state index in [1.807, 2.05) is 0 Å². The van der Waals surface area contributed by atoms with Gasteiger partial charge in [0.1, 0.15) is 16.5 Å². The molecule has 0 aliphatic heterocycles. The van der Waals surface area contributed by atoms with Crippen molar-refractivity contribution in [2.45, 2.75) is 24.7 Å². The second kappa shape index (κ2) is 6.77. The molecule has 1 amide bonds. The summed E-state index contributed by atoms with van der Waals surface area (Å²) in [5, 5.41) is 2.59. The largest absolute Gasteiger partial charge is 0.383 e. The van der Waals surface area contributed by atoms with Gasteiger partial charge in [0.05, 0.1) is 0 Å². The van der Waals surface area contributed by atoms with Crippen molar-refractivity contribution in [3.63, 3.8) is 0 Å². The molecule has 9 heteroatoms. The molecule has 0 spiro atoms. The van der Waals surface area contributed by atoms with Gasteiger partial charge in [-0.25, -0.2) is 23.1 Å². The van der Waals surface area contributed by atoms with E-state index < -0.39 is 10.0 Å². The Morgan fingerprint density at radius 1 is 1.28 bits per heavy atom. The summed E-state index contributed by atoms with van der Waals surface area (Å²) in [4.78, 5) is 19.2. The van der Waals surface area contributed by atoms with Gasteiger partial charge >= 0.3 is 0 Å². The molecule has 2 aromatic rings. The Morgan fingerprint density at radius 3 is 2.72 bits per heavy atom. The predicted octanol–water partition coefficient (Wildman–Crippen LogP) is 1.37. The molecule has 2 aromatic heterocycles. The third-order valence-corrected chi connectivity index (χ3v) is 5.28. The Labute approximate surface area is 145 Å². The van der Waals surface area contributed by atoms with Crippen molar-refractivity contribution in [2.75, 3.05) is 17.6 Å². The number of sulfonamides is 1. The van der Waals surface area contributed by atoms with Crippen LogP contribution < -0.4 is 15.8 Å². The summed E-state index contributed by atoms with van der Waals surface area (Å²) in [6, 6.07) is 4.82. The fraction of sp³-hybridized carbons (Fsp3) is 0.312. The maximum Gasteiger partial charge on any atom is 0.244 e. The number of nitrogens with one attached hydrogen (secondary N) is 2. The first-order valence-electron chi connectivity index (χ1n) is 7.84. The highest BCUT2D eigenvalue weighted by Gasteiger charge is 2.26. The highest BCUT2D eigenvalue weighted by molar-refractivity contribution is 7.89. The van der Waals surface area contributed by atoms with Crippen molar-refractivity contribution in [1.82, 2.24) is 14.7 Å². The molecule has 2 heterocycles. The summed E-state index contributed by atoms with van der Waals surface area (Å²) >= 11 is 0. The van der Waals surface area contributed by atoms with Gasteiger partial charge in [-0.3, -0.25) is 4.79 Å². The fourth-order valence-corrected chi connectivity index (χ4v) is 3.54. The molecular weight excluding hydrogens is 342 g/mol. The number of nitrogens with two attached hydrogens (primary N) is 1. The summed E-state index contributed by atoms with van der Waals surface area (Å²) in [6.07, 6.45) is 5.09. The van der Waals surface area contributed by atoms with E-state index in [1.165, 1.54) is 25.4 Å². The summed E-state index contributed by atoms with van der Waals surface area (Å²) in [6.45, 7) is 1.79. The van der Waals surface area contributed by atoms with Gasteiger partial charge in [0.2, 0.25) is 15.9 Å². The van der Waals surface area contributed by atoms with Crippen LogP contribution >= 0.6 is 0 Å². The van der Waals surface area contributed by atoms with E-state index >= 15 is 0 Å². The Hall–Kier alpha value is -2.52. The van der Waals surface area contributed by atoms with Crippen LogP contribution in [-0.2, 0) is 14.8 Å². The number of aromatic nitrogens is 2. The second-order valence-electron chi connectivity index (χ2n) is 6.01.